The number of rotatable bonds is 7. The minimum absolute atomic E-state index is 0.334. The number of aliphatic hydroxyl groups excluding tert-OH is 1. The Morgan fingerprint density at radius 1 is 1.32 bits per heavy atom. The van der Waals surface area contributed by atoms with Crippen LogP contribution in [0, 0.1) is 0 Å². The number of hydrogen-bond acceptors (Lipinski definition) is 3. The maximum Gasteiger partial charge on any atom is 0.128 e. The van der Waals surface area contributed by atoms with E-state index in [1.807, 2.05) is 30.5 Å². The van der Waals surface area contributed by atoms with E-state index in [4.69, 9.17) is 4.74 Å². The fraction of sp³-hybridized carbons (Fsp3) is 0.556. The van der Waals surface area contributed by atoms with Crippen LogP contribution in [0.3, 0.4) is 0 Å². The first kappa shape index (κ1) is 15.4. The van der Waals surface area contributed by atoms with E-state index in [9.17, 15) is 5.11 Å². The second kappa shape index (κ2) is 6.71. The van der Waals surface area contributed by atoms with E-state index >= 15 is 0 Å². The average molecular weight is 302 g/mol. The average Bonchev–Trinajstić information content (AvgIpc) is 2.91. The summed E-state index contributed by atoms with van der Waals surface area (Å²) in [5.41, 5.74) is 1.06. The molecule has 2 aromatic rings. The zero-order valence-corrected chi connectivity index (χ0v) is 13.5. The van der Waals surface area contributed by atoms with Gasteiger partial charge in [0.15, 0.2) is 0 Å². The van der Waals surface area contributed by atoms with Gasteiger partial charge in [-0.1, -0.05) is 12.5 Å². The lowest BCUT2D eigenvalue weighted by Crippen LogP contribution is -2.48. The topological polar surface area (TPSA) is 48.5 Å². The maximum absolute atomic E-state index is 10.3. The molecule has 0 saturated heterocycles. The van der Waals surface area contributed by atoms with Crippen LogP contribution >= 0.6 is 0 Å². The molecule has 1 aromatic heterocycles. The predicted molar refractivity (Wildman–Crippen MR) is 89.3 cm³/mol. The molecular formula is C18H26N2O2. The number of aromatic nitrogens is 1. The van der Waals surface area contributed by atoms with Gasteiger partial charge in [0.25, 0.3) is 0 Å². The van der Waals surface area contributed by atoms with Crippen molar-refractivity contribution in [3.63, 3.8) is 0 Å². The summed E-state index contributed by atoms with van der Waals surface area (Å²) < 4.78 is 5.85. The molecule has 1 fully saturated rings. The Labute approximate surface area is 132 Å². The summed E-state index contributed by atoms with van der Waals surface area (Å²) in [5.74, 6) is 0.831. The molecule has 0 bridgehead atoms. The normalized spacial score (nSPS) is 17.1. The fourth-order valence-electron chi connectivity index (χ4n) is 3.16. The van der Waals surface area contributed by atoms with Crippen molar-refractivity contribution in [2.45, 2.75) is 51.3 Å². The van der Waals surface area contributed by atoms with Crippen molar-refractivity contribution in [1.82, 2.24) is 9.88 Å². The highest BCUT2D eigenvalue weighted by Gasteiger charge is 2.28. The van der Waals surface area contributed by atoms with Crippen LogP contribution in [0.2, 0.25) is 0 Å². The largest absolute Gasteiger partial charge is 0.490 e. The Morgan fingerprint density at radius 3 is 2.82 bits per heavy atom. The van der Waals surface area contributed by atoms with E-state index in [0.717, 1.165) is 16.7 Å². The molecule has 0 amide bonds. The predicted octanol–water partition coefficient (Wildman–Crippen LogP) is 3.17. The highest BCUT2D eigenvalue weighted by Crippen LogP contribution is 2.27. The molecule has 1 atom stereocenters. The quantitative estimate of drug-likeness (QED) is 0.826. The third kappa shape index (κ3) is 3.28. The summed E-state index contributed by atoms with van der Waals surface area (Å²) in [6.45, 7) is 5.42. The first-order chi connectivity index (χ1) is 10.6. The van der Waals surface area contributed by atoms with Crippen LogP contribution in [-0.4, -0.2) is 46.3 Å². The summed E-state index contributed by atoms with van der Waals surface area (Å²) >= 11 is 0. The zero-order valence-electron chi connectivity index (χ0n) is 13.5. The molecule has 1 aliphatic carbocycles. The minimum Gasteiger partial charge on any atom is -0.490 e. The lowest BCUT2D eigenvalue weighted by atomic mass is 9.90. The highest BCUT2D eigenvalue weighted by molar-refractivity contribution is 5.85. The van der Waals surface area contributed by atoms with Gasteiger partial charge in [-0.05, 0) is 44.9 Å². The van der Waals surface area contributed by atoms with Crippen molar-refractivity contribution < 1.29 is 9.84 Å². The summed E-state index contributed by atoms with van der Waals surface area (Å²) in [6, 6.07) is 9.06. The van der Waals surface area contributed by atoms with E-state index in [1.54, 1.807) is 0 Å². The van der Waals surface area contributed by atoms with Gasteiger partial charge in [0, 0.05) is 35.7 Å². The van der Waals surface area contributed by atoms with Gasteiger partial charge < -0.3 is 14.8 Å². The number of nitrogens with one attached hydrogen (secondary N) is 1. The molecule has 1 saturated carbocycles. The van der Waals surface area contributed by atoms with Gasteiger partial charge in [-0.25, -0.2) is 0 Å². The lowest BCUT2D eigenvalue weighted by Gasteiger charge is -2.41. The molecule has 22 heavy (non-hydrogen) atoms. The summed E-state index contributed by atoms with van der Waals surface area (Å²) in [6.07, 6.45) is 5.28. The standard InChI is InChI=1S/C18H26N2O2/c1-13(2)20(14-5-3-6-14)11-15(21)12-22-18-8-4-7-17-16(18)9-10-19-17/h4,7-10,13-15,19,21H,3,5-6,11-12H2,1-2H3. The van der Waals surface area contributed by atoms with E-state index < -0.39 is 6.10 Å². The number of ether oxygens (including phenoxy) is 1. The van der Waals surface area contributed by atoms with Crippen LogP contribution in [0.25, 0.3) is 10.9 Å². The van der Waals surface area contributed by atoms with Crippen LogP contribution in [-0.2, 0) is 0 Å². The Morgan fingerprint density at radius 2 is 2.14 bits per heavy atom. The monoisotopic (exact) mass is 302 g/mol. The summed E-state index contributed by atoms with van der Waals surface area (Å²) in [7, 11) is 0. The Balaban J connectivity index is 1.57. The molecule has 4 heteroatoms. The van der Waals surface area contributed by atoms with Crippen molar-refractivity contribution in [2.24, 2.45) is 0 Å². The Kier molecular flexibility index (Phi) is 4.69. The number of benzene rings is 1. The van der Waals surface area contributed by atoms with Gasteiger partial charge in [-0.15, -0.1) is 0 Å². The Hall–Kier alpha value is -1.52. The molecule has 4 nitrogen and oxygen atoms in total. The number of aromatic amines is 1. The van der Waals surface area contributed by atoms with Crippen molar-refractivity contribution in [3.8, 4) is 5.75 Å². The van der Waals surface area contributed by atoms with Crippen molar-refractivity contribution in [3.05, 3.63) is 30.5 Å². The third-order valence-corrected chi connectivity index (χ3v) is 4.61. The van der Waals surface area contributed by atoms with Crippen LogP contribution in [0.1, 0.15) is 33.1 Å². The van der Waals surface area contributed by atoms with Gasteiger partial charge in [-0.2, -0.15) is 0 Å². The van der Waals surface area contributed by atoms with Gasteiger partial charge in [-0.3, -0.25) is 4.90 Å². The molecule has 1 aliphatic rings. The van der Waals surface area contributed by atoms with E-state index in [2.05, 4.69) is 23.7 Å². The maximum atomic E-state index is 10.3. The minimum atomic E-state index is -0.461. The molecule has 0 radical (unpaired) electrons. The van der Waals surface area contributed by atoms with Crippen LogP contribution in [0.5, 0.6) is 5.75 Å². The van der Waals surface area contributed by atoms with Crippen molar-refractivity contribution >= 4 is 10.9 Å². The smallest absolute Gasteiger partial charge is 0.128 e. The van der Waals surface area contributed by atoms with E-state index in [1.165, 1.54) is 19.3 Å². The first-order valence-corrected chi connectivity index (χ1v) is 8.28. The van der Waals surface area contributed by atoms with Crippen LogP contribution < -0.4 is 4.74 Å². The van der Waals surface area contributed by atoms with Crippen LogP contribution in [0.4, 0.5) is 0 Å². The number of hydrogen-bond donors (Lipinski definition) is 2. The molecule has 1 heterocycles. The fourth-order valence-corrected chi connectivity index (χ4v) is 3.16. The zero-order chi connectivity index (χ0) is 15.5. The third-order valence-electron chi connectivity index (χ3n) is 4.61. The van der Waals surface area contributed by atoms with Crippen LogP contribution in [0.15, 0.2) is 30.5 Å². The first-order valence-electron chi connectivity index (χ1n) is 8.28. The molecule has 1 unspecified atom stereocenters. The van der Waals surface area contributed by atoms with Gasteiger partial charge >= 0.3 is 0 Å². The van der Waals surface area contributed by atoms with Gasteiger partial charge in [0.1, 0.15) is 18.5 Å². The highest BCUT2D eigenvalue weighted by atomic mass is 16.5. The molecule has 1 aromatic carbocycles. The number of nitrogens with zero attached hydrogens (tertiary/aromatic N) is 1. The second-order valence-electron chi connectivity index (χ2n) is 6.54. The van der Waals surface area contributed by atoms with E-state index in [0.29, 0.717) is 25.2 Å². The van der Waals surface area contributed by atoms with Gasteiger partial charge in [0.2, 0.25) is 0 Å². The summed E-state index contributed by atoms with van der Waals surface area (Å²) in [5, 5.41) is 11.4. The molecule has 0 aliphatic heterocycles. The molecule has 2 N–H and O–H groups in total. The molecule has 120 valence electrons. The number of aliphatic hydroxyl groups is 1. The van der Waals surface area contributed by atoms with Crippen molar-refractivity contribution in [1.29, 1.82) is 0 Å². The summed E-state index contributed by atoms with van der Waals surface area (Å²) in [4.78, 5) is 5.59. The SMILES string of the molecule is CC(C)N(CC(O)COc1cccc2[nH]ccc12)C1CCC1. The number of fused-ring (bicyclic) bond motifs is 1. The Bertz CT molecular complexity index is 604. The lowest BCUT2D eigenvalue weighted by molar-refractivity contribution is 0.0179. The van der Waals surface area contributed by atoms with E-state index in [-0.39, 0.29) is 0 Å². The molecular weight excluding hydrogens is 276 g/mol. The molecule has 0 spiro atoms. The van der Waals surface area contributed by atoms with Crippen molar-refractivity contribution in [2.75, 3.05) is 13.2 Å². The van der Waals surface area contributed by atoms with Gasteiger partial charge in [0.05, 0.1) is 0 Å². The second-order valence-corrected chi connectivity index (χ2v) is 6.54. The molecule has 3 rings (SSSR count). The number of H-pyrrole nitrogens is 1.